The van der Waals surface area contributed by atoms with Crippen molar-refractivity contribution in [1.29, 1.82) is 0 Å². The number of nitrogens with zero attached hydrogens (tertiary/aromatic N) is 3. The molecule has 0 bridgehead atoms. The summed E-state index contributed by atoms with van der Waals surface area (Å²) in [5.74, 6) is -0.695. The van der Waals surface area contributed by atoms with Gasteiger partial charge in [-0.05, 0) is 30.5 Å². The Hall–Kier alpha value is -4.03. The highest BCUT2D eigenvalue weighted by Gasteiger charge is 2.37. The fourth-order valence-corrected chi connectivity index (χ4v) is 3.75. The van der Waals surface area contributed by atoms with Crippen LogP contribution in [0.1, 0.15) is 18.9 Å². The first kappa shape index (κ1) is 24.1. The number of hydrogen-bond acceptors (Lipinski definition) is 6. The van der Waals surface area contributed by atoms with Crippen molar-refractivity contribution >= 4 is 16.5 Å². The third-order valence-corrected chi connectivity index (χ3v) is 5.27. The Kier molecular flexibility index (Phi) is 6.41. The Labute approximate surface area is 193 Å². The molecule has 0 radical (unpaired) electrons. The minimum atomic E-state index is -4.94. The number of rotatable bonds is 7. The van der Waals surface area contributed by atoms with Crippen LogP contribution in [-0.4, -0.2) is 32.0 Å². The summed E-state index contributed by atoms with van der Waals surface area (Å²) in [5, 5.41) is 7.93. The van der Waals surface area contributed by atoms with Gasteiger partial charge in [0.1, 0.15) is 23.8 Å². The van der Waals surface area contributed by atoms with Crippen molar-refractivity contribution in [2.24, 2.45) is 0 Å². The van der Waals surface area contributed by atoms with Crippen molar-refractivity contribution in [3.8, 4) is 11.5 Å². The number of fused-ring (bicyclic) bond motifs is 1. The Balaban J connectivity index is 1.50. The molecule has 1 aromatic carbocycles. The van der Waals surface area contributed by atoms with E-state index in [9.17, 15) is 31.5 Å². The monoisotopic (exact) mass is 495 g/mol. The fraction of sp³-hybridized carbons (Fsp3) is 0.273. The summed E-state index contributed by atoms with van der Waals surface area (Å²) < 4.78 is 75.0. The van der Waals surface area contributed by atoms with E-state index in [0.29, 0.717) is 5.39 Å². The lowest BCUT2D eigenvalue weighted by molar-refractivity contribution is -0.138. The van der Waals surface area contributed by atoms with Crippen LogP contribution in [0.5, 0.6) is 0 Å². The molecular formula is C22H18F5N5O3. The van der Waals surface area contributed by atoms with Gasteiger partial charge in [-0.25, -0.2) is 18.9 Å². The van der Waals surface area contributed by atoms with Gasteiger partial charge < -0.3 is 14.3 Å². The maximum Gasteiger partial charge on any atom is 0.423 e. The predicted octanol–water partition coefficient (Wildman–Crippen LogP) is 4.13. The quantitative estimate of drug-likeness (QED) is 0.374. The molecule has 4 aromatic rings. The number of aromatic nitrogens is 4. The molecule has 8 nitrogen and oxygen atoms in total. The van der Waals surface area contributed by atoms with E-state index in [1.165, 1.54) is 37.7 Å². The smallest absolute Gasteiger partial charge is 0.423 e. The molecule has 0 saturated carbocycles. The minimum Gasteiger partial charge on any atom is -0.444 e. The topological polar surface area (TPSA) is 106 Å². The van der Waals surface area contributed by atoms with Crippen molar-refractivity contribution in [2.75, 3.05) is 5.32 Å². The number of anilines is 1. The molecule has 0 spiro atoms. The van der Waals surface area contributed by atoms with Crippen LogP contribution in [0.15, 0.2) is 57.1 Å². The van der Waals surface area contributed by atoms with E-state index in [-0.39, 0.29) is 23.3 Å². The lowest BCUT2D eigenvalue weighted by atomic mass is 10.1. The van der Waals surface area contributed by atoms with Crippen LogP contribution in [0, 0.1) is 5.82 Å². The molecule has 184 valence electrons. The van der Waals surface area contributed by atoms with Gasteiger partial charge in [0.25, 0.3) is 11.1 Å². The molecule has 0 unspecified atom stereocenters. The lowest BCUT2D eigenvalue weighted by Crippen LogP contribution is -2.30. The molecule has 3 heterocycles. The van der Waals surface area contributed by atoms with Gasteiger partial charge in [0.15, 0.2) is 0 Å². The number of oxazole rings is 1. The number of halogens is 5. The molecule has 2 N–H and O–H groups in total. The molecule has 4 rings (SSSR count). The normalized spacial score (nSPS) is 13.7. The van der Waals surface area contributed by atoms with Gasteiger partial charge in [-0.15, -0.1) is 0 Å². The number of aromatic amines is 1. The second-order valence-corrected chi connectivity index (χ2v) is 7.89. The number of alkyl halides is 4. The highest BCUT2D eigenvalue weighted by atomic mass is 19.4. The molecular weight excluding hydrogens is 477 g/mol. The summed E-state index contributed by atoms with van der Waals surface area (Å²) >= 11 is 0. The van der Waals surface area contributed by atoms with Crippen LogP contribution < -0.4 is 16.4 Å². The van der Waals surface area contributed by atoms with Gasteiger partial charge in [0.2, 0.25) is 5.89 Å². The molecule has 0 aliphatic heterocycles. The Morgan fingerprint density at radius 3 is 2.71 bits per heavy atom. The summed E-state index contributed by atoms with van der Waals surface area (Å²) in [4.78, 5) is 28.2. The van der Waals surface area contributed by atoms with E-state index in [0.717, 1.165) is 16.8 Å². The van der Waals surface area contributed by atoms with E-state index >= 15 is 0 Å². The van der Waals surface area contributed by atoms with Crippen molar-refractivity contribution in [3.63, 3.8) is 0 Å². The molecule has 0 saturated heterocycles. The molecule has 35 heavy (non-hydrogen) atoms. The van der Waals surface area contributed by atoms with Crippen molar-refractivity contribution in [1.82, 2.24) is 19.7 Å². The van der Waals surface area contributed by atoms with E-state index in [1.54, 1.807) is 5.10 Å². The number of pyridine rings is 1. The molecule has 13 heteroatoms. The minimum absolute atomic E-state index is 0.0167. The van der Waals surface area contributed by atoms with Crippen molar-refractivity contribution in [2.45, 2.75) is 38.3 Å². The van der Waals surface area contributed by atoms with Crippen LogP contribution in [0.3, 0.4) is 0 Å². The summed E-state index contributed by atoms with van der Waals surface area (Å²) in [7, 11) is 0. The largest absolute Gasteiger partial charge is 0.444 e. The molecule has 3 aromatic heterocycles. The standard InChI is InChI=1S/C22H18F5N5O3/c1-11(30-17-9-29-31-19(33)18(17)22(25,26)27)6-13(23)10-32-4-2-12-7-15(20-28-3-5-35-20)16(24)8-14(12)21(32)34/h2-5,7-9,11,13H,6,10H2,1H3,(H2,30,31,33)/t11-,13+/m0/s1. The summed E-state index contributed by atoms with van der Waals surface area (Å²) in [6.07, 6.45) is -2.10. The second-order valence-electron chi connectivity index (χ2n) is 7.89. The Bertz CT molecular complexity index is 1460. The molecule has 0 fully saturated rings. The zero-order valence-corrected chi connectivity index (χ0v) is 18.1. The zero-order chi connectivity index (χ0) is 25.3. The van der Waals surface area contributed by atoms with Gasteiger partial charge >= 0.3 is 6.18 Å². The van der Waals surface area contributed by atoms with Gasteiger partial charge in [0.05, 0.1) is 35.6 Å². The lowest BCUT2D eigenvalue weighted by Gasteiger charge is -2.20. The molecule has 0 aliphatic rings. The third kappa shape index (κ3) is 5.08. The second kappa shape index (κ2) is 9.31. The van der Waals surface area contributed by atoms with Crippen LogP contribution in [-0.2, 0) is 12.7 Å². The maximum absolute atomic E-state index is 14.8. The summed E-state index contributed by atoms with van der Waals surface area (Å²) in [6, 6.07) is 3.08. The van der Waals surface area contributed by atoms with E-state index in [2.05, 4.69) is 15.4 Å². The SMILES string of the molecule is C[C@@H](C[C@@H](F)Cn1ccc2cc(-c3ncco3)c(F)cc2c1=O)Nc1cn[nH]c(=O)c1C(F)(F)F. The van der Waals surface area contributed by atoms with E-state index < -0.39 is 53.1 Å². The Morgan fingerprint density at radius 1 is 1.26 bits per heavy atom. The Morgan fingerprint density at radius 2 is 2.03 bits per heavy atom. The average molecular weight is 495 g/mol. The summed E-state index contributed by atoms with van der Waals surface area (Å²) in [5.41, 5.74) is -4.04. The third-order valence-electron chi connectivity index (χ3n) is 5.27. The number of H-pyrrole nitrogens is 1. The van der Waals surface area contributed by atoms with Gasteiger partial charge in [-0.1, -0.05) is 0 Å². The number of nitrogens with one attached hydrogen (secondary N) is 2. The van der Waals surface area contributed by atoms with Crippen molar-refractivity contribution in [3.05, 3.63) is 75.1 Å². The maximum atomic E-state index is 14.8. The van der Waals surface area contributed by atoms with Gasteiger partial charge in [-0.2, -0.15) is 18.3 Å². The first-order valence-electron chi connectivity index (χ1n) is 10.3. The first-order chi connectivity index (χ1) is 16.5. The number of benzene rings is 1. The van der Waals surface area contributed by atoms with E-state index in [1.807, 2.05) is 0 Å². The van der Waals surface area contributed by atoms with Crippen LogP contribution in [0.25, 0.3) is 22.2 Å². The van der Waals surface area contributed by atoms with Crippen LogP contribution in [0.2, 0.25) is 0 Å². The number of hydrogen-bond donors (Lipinski definition) is 2. The molecule has 0 amide bonds. The highest BCUT2D eigenvalue weighted by molar-refractivity contribution is 5.85. The van der Waals surface area contributed by atoms with Gasteiger partial charge in [-0.3, -0.25) is 9.59 Å². The van der Waals surface area contributed by atoms with Crippen LogP contribution >= 0.6 is 0 Å². The van der Waals surface area contributed by atoms with Crippen LogP contribution in [0.4, 0.5) is 27.6 Å². The molecule has 2 atom stereocenters. The zero-order valence-electron chi connectivity index (χ0n) is 18.1. The first-order valence-corrected chi connectivity index (χ1v) is 10.3. The summed E-state index contributed by atoms with van der Waals surface area (Å²) in [6.45, 7) is 1.01. The predicted molar refractivity (Wildman–Crippen MR) is 116 cm³/mol. The fourth-order valence-electron chi connectivity index (χ4n) is 3.75. The van der Waals surface area contributed by atoms with Crippen molar-refractivity contribution < 1.29 is 26.4 Å². The van der Waals surface area contributed by atoms with E-state index in [4.69, 9.17) is 4.42 Å². The average Bonchev–Trinajstić information content (AvgIpc) is 3.29. The van der Waals surface area contributed by atoms with Gasteiger partial charge in [0, 0.05) is 18.7 Å². The molecule has 0 aliphatic carbocycles. The highest BCUT2D eigenvalue weighted by Crippen LogP contribution is 2.32.